The Morgan fingerprint density at radius 2 is 1.79 bits per heavy atom. The maximum atomic E-state index is 12.9. The molecule has 2 fully saturated rings. The zero-order valence-corrected chi connectivity index (χ0v) is 20.9. The largest absolute Gasteiger partial charge is 0.342 e. The Morgan fingerprint density at radius 1 is 1.06 bits per heavy atom. The number of nitrogens with zero attached hydrogens (tertiary/aromatic N) is 4. The Kier molecular flexibility index (Phi) is 7.78. The number of carbonyl (C=O) groups excluding carboxylic acids is 2. The number of hydrogen-bond acceptors (Lipinski definition) is 4. The van der Waals surface area contributed by atoms with Crippen LogP contribution < -0.4 is 0 Å². The van der Waals surface area contributed by atoms with E-state index in [4.69, 9.17) is 0 Å². The van der Waals surface area contributed by atoms with E-state index in [1.807, 2.05) is 15.7 Å². The number of amides is 2. The molecule has 2 aromatic rings. The van der Waals surface area contributed by atoms with Crippen molar-refractivity contribution < 1.29 is 9.59 Å². The van der Waals surface area contributed by atoms with Gasteiger partial charge in [0.2, 0.25) is 11.8 Å². The van der Waals surface area contributed by atoms with Gasteiger partial charge in [-0.15, -0.1) is 0 Å². The highest BCUT2D eigenvalue weighted by molar-refractivity contribution is 7.99. The molecule has 0 N–H and O–H groups in total. The number of thioether (sulfide) groups is 1. The Balaban J connectivity index is 1.27. The summed E-state index contributed by atoms with van der Waals surface area (Å²) in [5.41, 5.74) is 2.36. The van der Waals surface area contributed by atoms with Crippen LogP contribution in [-0.2, 0) is 9.59 Å². The van der Waals surface area contributed by atoms with E-state index < -0.39 is 0 Å². The third-order valence-corrected chi connectivity index (χ3v) is 7.89. The average molecular weight is 469 g/mol. The first-order valence-electron chi connectivity index (χ1n) is 12.3. The van der Waals surface area contributed by atoms with Crippen molar-refractivity contribution in [2.75, 3.05) is 31.9 Å². The van der Waals surface area contributed by atoms with Crippen molar-refractivity contribution in [2.45, 2.75) is 57.5 Å². The summed E-state index contributed by atoms with van der Waals surface area (Å²) in [7, 11) is 0. The molecule has 1 aromatic heterocycles. The standard InChI is InChI=1S/C26H36N4O2S/c1-19(2)21-6-8-23(9-7-21)30-16-12-27-26(30)33-18-24(31)28-14-10-22(11-15-28)25(32)29-13-4-5-20(3)17-29/h6-9,12,16,19-20,22H,4-5,10-11,13-15,17-18H2,1-3H3. The molecule has 0 saturated carbocycles. The molecule has 3 heterocycles. The number of rotatable bonds is 6. The molecule has 1 atom stereocenters. The van der Waals surface area contributed by atoms with Gasteiger partial charge in [0.15, 0.2) is 5.16 Å². The van der Waals surface area contributed by atoms with Crippen LogP contribution in [-0.4, -0.2) is 63.1 Å². The maximum absolute atomic E-state index is 12.9. The van der Waals surface area contributed by atoms with Crippen molar-refractivity contribution >= 4 is 23.6 Å². The van der Waals surface area contributed by atoms with Crippen molar-refractivity contribution in [1.82, 2.24) is 19.4 Å². The number of piperidine rings is 2. The summed E-state index contributed by atoms with van der Waals surface area (Å²) < 4.78 is 2.03. The van der Waals surface area contributed by atoms with Crippen LogP contribution >= 0.6 is 11.8 Å². The minimum atomic E-state index is 0.0692. The summed E-state index contributed by atoms with van der Waals surface area (Å²) in [6, 6.07) is 8.51. The van der Waals surface area contributed by atoms with Crippen LogP contribution in [0.3, 0.4) is 0 Å². The van der Waals surface area contributed by atoms with E-state index in [2.05, 4.69) is 54.9 Å². The second kappa shape index (κ2) is 10.8. The molecule has 2 saturated heterocycles. The van der Waals surface area contributed by atoms with Gasteiger partial charge in [-0.25, -0.2) is 4.98 Å². The highest BCUT2D eigenvalue weighted by atomic mass is 32.2. The summed E-state index contributed by atoms with van der Waals surface area (Å²) in [6.07, 6.45) is 7.60. The highest BCUT2D eigenvalue weighted by Gasteiger charge is 2.31. The lowest BCUT2D eigenvalue weighted by Gasteiger charge is -2.37. The van der Waals surface area contributed by atoms with E-state index in [0.717, 1.165) is 43.2 Å². The van der Waals surface area contributed by atoms with Gasteiger partial charge in [-0.1, -0.05) is 44.7 Å². The molecular formula is C26H36N4O2S. The molecule has 0 radical (unpaired) electrons. The van der Waals surface area contributed by atoms with Crippen molar-refractivity contribution in [3.63, 3.8) is 0 Å². The summed E-state index contributed by atoms with van der Waals surface area (Å²) in [5.74, 6) is 1.96. The lowest BCUT2D eigenvalue weighted by atomic mass is 9.93. The molecular weight excluding hydrogens is 432 g/mol. The van der Waals surface area contributed by atoms with Gasteiger partial charge in [0, 0.05) is 50.2 Å². The van der Waals surface area contributed by atoms with Gasteiger partial charge in [-0.05, 0) is 55.2 Å². The molecule has 2 amide bonds. The normalized spacial score (nSPS) is 19.8. The Morgan fingerprint density at radius 3 is 2.45 bits per heavy atom. The average Bonchev–Trinajstić information content (AvgIpc) is 3.31. The fourth-order valence-corrected chi connectivity index (χ4v) is 5.73. The number of hydrogen-bond donors (Lipinski definition) is 0. The fourth-order valence-electron chi connectivity index (χ4n) is 4.85. The first kappa shape index (κ1) is 23.9. The minimum Gasteiger partial charge on any atom is -0.342 e. The van der Waals surface area contributed by atoms with Gasteiger partial charge in [0.05, 0.1) is 5.75 Å². The molecule has 7 heteroatoms. The summed E-state index contributed by atoms with van der Waals surface area (Å²) in [6.45, 7) is 9.73. The Hall–Kier alpha value is -2.28. The SMILES string of the molecule is CC1CCCN(C(=O)C2CCN(C(=O)CSc3nccn3-c3ccc(C(C)C)cc3)CC2)C1. The van der Waals surface area contributed by atoms with Gasteiger partial charge in [-0.3, -0.25) is 14.2 Å². The van der Waals surface area contributed by atoms with Crippen LogP contribution in [0.1, 0.15) is 57.9 Å². The lowest BCUT2D eigenvalue weighted by Crippen LogP contribution is -2.47. The molecule has 2 aliphatic heterocycles. The minimum absolute atomic E-state index is 0.0692. The van der Waals surface area contributed by atoms with Crippen LogP contribution in [0, 0.1) is 11.8 Å². The van der Waals surface area contributed by atoms with Gasteiger partial charge in [0.25, 0.3) is 0 Å². The van der Waals surface area contributed by atoms with E-state index in [1.54, 1.807) is 6.20 Å². The van der Waals surface area contributed by atoms with E-state index in [1.165, 1.54) is 23.7 Å². The molecule has 1 unspecified atom stereocenters. The van der Waals surface area contributed by atoms with Gasteiger partial charge >= 0.3 is 0 Å². The highest BCUT2D eigenvalue weighted by Crippen LogP contribution is 2.26. The van der Waals surface area contributed by atoms with Gasteiger partial charge in [0.1, 0.15) is 0 Å². The predicted molar refractivity (Wildman–Crippen MR) is 133 cm³/mol. The molecule has 0 aliphatic carbocycles. The van der Waals surface area contributed by atoms with Crippen LogP contribution in [0.15, 0.2) is 41.8 Å². The Bertz CT molecular complexity index is 947. The van der Waals surface area contributed by atoms with Gasteiger partial charge in [-0.2, -0.15) is 0 Å². The maximum Gasteiger partial charge on any atom is 0.233 e. The van der Waals surface area contributed by atoms with Crippen LogP contribution in [0.25, 0.3) is 5.69 Å². The summed E-state index contributed by atoms with van der Waals surface area (Å²) in [4.78, 5) is 34.2. The van der Waals surface area contributed by atoms with Crippen LogP contribution in [0.2, 0.25) is 0 Å². The zero-order valence-electron chi connectivity index (χ0n) is 20.1. The second-order valence-electron chi connectivity index (χ2n) is 9.80. The molecule has 0 spiro atoms. The molecule has 4 rings (SSSR count). The van der Waals surface area contributed by atoms with E-state index in [0.29, 0.717) is 36.6 Å². The topological polar surface area (TPSA) is 58.4 Å². The lowest BCUT2D eigenvalue weighted by molar-refractivity contribution is -0.141. The second-order valence-corrected chi connectivity index (χ2v) is 10.7. The van der Waals surface area contributed by atoms with Crippen LogP contribution in [0.5, 0.6) is 0 Å². The molecule has 2 aliphatic rings. The molecule has 1 aromatic carbocycles. The summed E-state index contributed by atoms with van der Waals surface area (Å²) >= 11 is 1.48. The van der Waals surface area contributed by atoms with Crippen molar-refractivity contribution in [1.29, 1.82) is 0 Å². The number of carbonyl (C=O) groups is 2. The number of imidazole rings is 1. The number of aromatic nitrogens is 2. The van der Waals surface area contributed by atoms with Crippen molar-refractivity contribution in [3.8, 4) is 5.69 Å². The summed E-state index contributed by atoms with van der Waals surface area (Å²) in [5, 5.41) is 0.824. The molecule has 0 bridgehead atoms. The monoisotopic (exact) mass is 468 g/mol. The quantitative estimate of drug-likeness (QED) is 0.582. The first-order chi connectivity index (χ1) is 15.9. The van der Waals surface area contributed by atoms with E-state index in [9.17, 15) is 9.59 Å². The van der Waals surface area contributed by atoms with Crippen molar-refractivity contribution in [2.24, 2.45) is 11.8 Å². The van der Waals surface area contributed by atoms with Crippen molar-refractivity contribution in [3.05, 3.63) is 42.2 Å². The molecule has 6 nitrogen and oxygen atoms in total. The van der Waals surface area contributed by atoms with E-state index >= 15 is 0 Å². The smallest absolute Gasteiger partial charge is 0.233 e. The molecule has 33 heavy (non-hydrogen) atoms. The third kappa shape index (κ3) is 5.81. The number of benzene rings is 1. The van der Waals surface area contributed by atoms with Crippen LogP contribution in [0.4, 0.5) is 0 Å². The molecule has 178 valence electrons. The predicted octanol–water partition coefficient (Wildman–Crippen LogP) is 4.58. The van der Waals surface area contributed by atoms with E-state index in [-0.39, 0.29) is 11.8 Å². The first-order valence-corrected chi connectivity index (χ1v) is 13.2. The number of likely N-dealkylation sites (tertiary alicyclic amines) is 2. The fraction of sp³-hybridized carbons (Fsp3) is 0.577. The zero-order chi connectivity index (χ0) is 23.4. The van der Waals surface area contributed by atoms with Gasteiger partial charge < -0.3 is 9.80 Å². The third-order valence-electron chi connectivity index (χ3n) is 6.94. The Labute approximate surface area is 201 Å².